The fourth-order valence-corrected chi connectivity index (χ4v) is 6.41. The Kier molecular flexibility index (Phi) is 12.8. The molecule has 0 radical (unpaired) electrons. The molecule has 10 nitrogen and oxygen atoms in total. The fourth-order valence-electron chi connectivity index (χ4n) is 6.41. The molecule has 0 saturated carbocycles. The number of hydrogen-bond acceptors (Lipinski definition) is 7. The Labute approximate surface area is 301 Å². The predicted octanol–water partition coefficient (Wildman–Crippen LogP) is 7.45. The van der Waals surface area contributed by atoms with Gasteiger partial charge in [0.15, 0.2) is 0 Å². The molecular weight excluding hydrogens is 640 g/mol. The summed E-state index contributed by atoms with van der Waals surface area (Å²) in [6.45, 7) is 9.10. The summed E-state index contributed by atoms with van der Waals surface area (Å²) in [6.07, 6.45) is 8.75. The molecule has 0 unspecified atom stereocenters. The van der Waals surface area contributed by atoms with Crippen LogP contribution >= 0.6 is 0 Å². The zero-order valence-corrected chi connectivity index (χ0v) is 30.2. The molecule has 4 aromatic rings. The molecule has 268 valence electrons. The first-order chi connectivity index (χ1) is 24.6. The largest absolute Gasteiger partial charge is 0.444 e. The molecule has 1 fully saturated rings. The highest BCUT2D eigenvalue weighted by Crippen LogP contribution is 2.24. The van der Waals surface area contributed by atoms with E-state index in [0.717, 1.165) is 78.9 Å². The van der Waals surface area contributed by atoms with Crippen LogP contribution in [0.1, 0.15) is 87.2 Å². The summed E-state index contributed by atoms with van der Waals surface area (Å²) in [6, 6.07) is 21.9. The normalized spacial score (nSPS) is 13.2. The smallest absolute Gasteiger partial charge is 0.407 e. The highest BCUT2D eigenvalue weighted by Gasteiger charge is 2.25. The Bertz CT molecular complexity index is 1870. The summed E-state index contributed by atoms with van der Waals surface area (Å²) in [5.74, 6) is 0.172. The van der Waals surface area contributed by atoms with Crippen LogP contribution in [0.25, 0.3) is 21.7 Å². The van der Waals surface area contributed by atoms with Gasteiger partial charge in [-0.3, -0.25) is 14.6 Å². The van der Waals surface area contributed by atoms with Gasteiger partial charge in [-0.2, -0.15) is 5.26 Å². The van der Waals surface area contributed by atoms with E-state index < -0.39 is 5.60 Å². The van der Waals surface area contributed by atoms with Crippen LogP contribution in [-0.4, -0.2) is 77.6 Å². The third-order valence-electron chi connectivity index (χ3n) is 9.16. The summed E-state index contributed by atoms with van der Waals surface area (Å²) in [4.78, 5) is 46.1. The topological polar surface area (TPSA) is 128 Å². The van der Waals surface area contributed by atoms with E-state index in [4.69, 9.17) is 4.74 Å². The number of piperazine rings is 1. The van der Waals surface area contributed by atoms with Crippen LogP contribution in [0, 0.1) is 11.3 Å². The Morgan fingerprint density at radius 2 is 1.53 bits per heavy atom. The molecular formula is C41H50N6O4. The Morgan fingerprint density at radius 3 is 2.29 bits per heavy atom. The van der Waals surface area contributed by atoms with Crippen molar-refractivity contribution < 1.29 is 19.1 Å². The van der Waals surface area contributed by atoms with E-state index in [2.05, 4.69) is 39.9 Å². The molecule has 1 aliphatic rings. The molecule has 0 bridgehead atoms. The van der Waals surface area contributed by atoms with Gasteiger partial charge in [0.2, 0.25) is 5.91 Å². The van der Waals surface area contributed by atoms with Crippen molar-refractivity contribution in [3.8, 4) is 6.07 Å². The average molecular weight is 691 g/mol. The number of amides is 3. The number of hydrogen-bond donors (Lipinski definition) is 2. The van der Waals surface area contributed by atoms with E-state index in [0.29, 0.717) is 50.3 Å². The van der Waals surface area contributed by atoms with Crippen molar-refractivity contribution in [2.45, 2.75) is 77.7 Å². The van der Waals surface area contributed by atoms with E-state index >= 15 is 0 Å². The lowest BCUT2D eigenvalue weighted by Gasteiger charge is -2.35. The van der Waals surface area contributed by atoms with Gasteiger partial charge in [0.1, 0.15) is 5.60 Å². The zero-order valence-electron chi connectivity index (χ0n) is 30.2. The second-order valence-electron chi connectivity index (χ2n) is 14.2. The molecule has 1 aliphatic heterocycles. The second-order valence-corrected chi connectivity index (χ2v) is 14.2. The fraction of sp³-hybridized carbons (Fsp3) is 0.439. The van der Waals surface area contributed by atoms with Gasteiger partial charge in [-0.05, 0) is 92.8 Å². The van der Waals surface area contributed by atoms with Gasteiger partial charge in [-0.25, -0.2) is 4.79 Å². The van der Waals surface area contributed by atoms with Gasteiger partial charge in [-0.15, -0.1) is 0 Å². The second kappa shape index (κ2) is 17.7. The number of anilines is 1. The predicted molar refractivity (Wildman–Crippen MR) is 202 cm³/mol. The number of pyridine rings is 1. The number of nitrogens with one attached hydrogen (secondary N) is 2. The number of ether oxygens (including phenoxy) is 1. The van der Waals surface area contributed by atoms with E-state index in [-0.39, 0.29) is 17.9 Å². The number of unbranched alkanes of at least 4 members (excludes halogenated alkanes) is 5. The summed E-state index contributed by atoms with van der Waals surface area (Å²) < 4.78 is 5.24. The standard InChI is InChI=1S/C41H50N6O4/c1-41(2,3)51-40(50)45-19-9-7-5-4-6-8-10-38(48)46-22-24-47(25-23-46)39(49)34-15-14-32-26-30(11-13-33(32)28-34)17-20-43-37-18-21-44-36-16-12-31(29-42)27-35(36)37/h11-16,18,21,26-28H,4-10,17,19-20,22-25H2,1-3H3,(H,43,44)(H,45,50). The Balaban J connectivity index is 0.995. The number of carbonyl (C=O) groups is 3. The lowest BCUT2D eigenvalue weighted by Crippen LogP contribution is -2.50. The molecule has 0 spiro atoms. The highest BCUT2D eigenvalue weighted by molar-refractivity contribution is 5.99. The summed E-state index contributed by atoms with van der Waals surface area (Å²) in [5, 5.41) is 18.6. The van der Waals surface area contributed by atoms with Crippen LogP contribution in [0.3, 0.4) is 0 Å². The zero-order chi connectivity index (χ0) is 36.2. The molecule has 3 aromatic carbocycles. The number of rotatable bonds is 14. The minimum absolute atomic E-state index is 0.00250. The number of aromatic nitrogens is 1. The van der Waals surface area contributed by atoms with Crippen molar-refractivity contribution >= 4 is 45.3 Å². The molecule has 1 aromatic heterocycles. The third kappa shape index (κ3) is 10.9. The molecule has 1 saturated heterocycles. The summed E-state index contributed by atoms with van der Waals surface area (Å²) >= 11 is 0. The van der Waals surface area contributed by atoms with Crippen LogP contribution in [0.15, 0.2) is 66.9 Å². The monoisotopic (exact) mass is 690 g/mol. The van der Waals surface area contributed by atoms with Gasteiger partial charge in [0, 0.05) is 68.5 Å². The minimum atomic E-state index is -0.483. The molecule has 51 heavy (non-hydrogen) atoms. The van der Waals surface area contributed by atoms with Crippen molar-refractivity contribution in [1.82, 2.24) is 20.1 Å². The van der Waals surface area contributed by atoms with Gasteiger partial charge in [-0.1, -0.05) is 49.9 Å². The van der Waals surface area contributed by atoms with E-state index in [1.165, 1.54) is 5.56 Å². The number of alkyl carbamates (subject to hydrolysis) is 1. The SMILES string of the molecule is CC(C)(C)OC(=O)NCCCCCCCCC(=O)N1CCN(C(=O)c2ccc3cc(CCNc4ccnc5ccc(C#N)cc45)ccc3c2)CC1. The highest BCUT2D eigenvalue weighted by atomic mass is 16.6. The molecule has 10 heteroatoms. The lowest BCUT2D eigenvalue weighted by atomic mass is 10.0. The first-order valence-electron chi connectivity index (χ1n) is 18.2. The number of nitriles is 1. The van der Waals surface area contributed by atoms with Gasteiger partial charge in [0.25, 0.3) is 5.91 Å². The van der Waals surface area contributed by atoms with Gasteiger partial charge >= 0.3 is 6.09 Å². The maximum atomic E-state index is 13.4. The molecule has 0 aliphatic carbocycles. The molecule has 3 amide bonds. The van der Waals surface area contributed by atoms with Crippen LogP contribution < -0.4 is 10.6 Å². The van der Waals surface area contributed by atoms with Crippen LogP contribution in [0.4, 0.5) is 10.5 Å². The number of nitrogens with zero attached hydrogens (tertiary/aromatic N) is 4. The van der Waals surface area contributed by atoms with Crippen molar-refractivity contribution in [2.75, 3.05) is 44.6 Å². The summed E-state index contributed by atoms with van der Waals surface area (Å²) in [5.41, 5.74) is 3.79. The first-order valence-corrected chi connectivity index (χ1v) is 18.2. The minimum Gasteiger partial charge on any atom is -0.444 e. The lowest BCUT2D eigenvalue weighted by molar-refractivity contribution is -0.132. The molecule has 0 atom stereocenters. The van der Waals surface area contributed by atoms with Crippen molar-refractivity contribution in [1.29, 1.82) is 5.26 Å². The molecule has 2 N–H and O–H groups in total. The number of carbonyl (C=O) groups excluding carboxylic acids is 3. The average Bonchev–Trinajstić information content (AvgIpc) is 3.12. The molecule has 5 rings (SSSR count). The maximum Gasteiger partial charge on any atom is 0.407 e. The number of benzene rings is 3. The molecule has 2 heterocycles. The quantitative estimate of drug-likeness (QED) is 0.132. The van der Waals surface area contributed by atoms with E-state index in [1.807, 2.05) is 67.0 Å². The van der Waals surface area contributed by atoms with Crippen LogP contribution in [-0.2, 0) is 16.0 Å². The Morgan fingerprint density at radius 1 is 0.824 bits per heavy atom. The van der Waals surface area contributed by atoms with Crippen molar-refractivity contribution in [3.05, 3.63) is 83.6 Å². The Hall–Kier alpha value is -5.17. The van der Waals surface area contributed by atoms with E-state index in [1.54, 1.807) is 12.3 Å². The van der Waals surface area contributed by atoms with Gasteiger partial charge < -0.3 is 25.2 Å². The van der Waals surface area contributed by atoms with Crippen molar-refractivity contribution in [2.24, 2.45) is 0 Å². The van der Waals surface area contributed by atoms with Crippen LogP contribution in [0.2, 0.25) is 0 Å². The van der Waals surface area contributed by atoms with Crippen LogP contribution in [0.5, 0.6) is 0 Å². The summed E-state index contributed by atoms with van der Waals surface area (Å²) in [7, 11) is 0. The van der Waals surface area contributed by atoms with Gasteiger partial charge in [0.05, 0.1) is 17.1 Å². The van der Waals surface area contributed by atoms with E-state index in [9.17, 15) is 19.6 Å². The third-order valence-corrected chi connectivity index (χ3v) is 9.16. The first kappa shape index (κ1) is 37.1. The maximum absolute atomic E-state index is 13.4. The van der Waals surface area contributed by atoms with Crippen molar-refractivity contribution in [3.63, 3.8) is 0 Å². The number of fused-ring (bicyclic) bond motifs is 2.